The van der Waals surface area contributed by atoms with Gasteiger partial charge in [-0.1, -0.05) is 0 Å². The van der Waals surface area contributed by atoms with Gasteiger partial charge in [0.2, 0.25) is 5.91 Å². The van der Waals surface area contributed by atoms with Crippen molar-refractivity contribution in [3.63, 3.8) is 0 Å². The summed E-state index contributed by atoms with van der Waals surface area (Å²) in [4.78, 5) is 24.7. The highest BCUT2D eigenvalue weighted by Gasteiger charge is 2.44. The zero-order valence-electron chi connectivity index (χ0n) is 10.8. The molecular formula is C13H11F3N2O3. The molecule has 0 aromatic carbocycles. The van der Waals surface area contributed by atoms with Crippen LogP contribution >= 0.6 is 0 Å². The van der Waals surface area contributed by atoms with E-state index in [4.69, 9.17) is 5.26 Å². The minimum atomic E-state index is -4.57. The van der Waals surface area contributed by atoms with Gasteiger partial charge in [-0.15, -0.1) is 0 Å². The molecule has 1 saturated carbocycles. The summed E-state index contributed by atoms with van der Waals surface area (Å²) < 4.78 is 42.2. The predicted molar refractivity (Wildman–Crippen MR) is 62.9 cm³/mol. The summed E-state index contributed by atoms with van der Waals surface area (Å²) in [7, 11) is 0. The van der Waals surface area contributed by atoms with Crippen molar-refractivity contribution in [2.24, 2.45) is 5.92 Å². The molecule has 0 spiro atoms. The van der Waals surface area contributed by atoms with E-state index >= 15 is 0 Å². The second-order valence-corrected chi connectivity index (χ2v) is 4.75. The molecule has 8 heteroatoms. The Labute approximate surface area is 117 Å². The Morgan fingerprint density at radius 2 is 2.14 bits per heavy atom. The quantitative estimate of drug-likeness (QED) is 0.617. The fraction of sp³-hybridized carbons (Fsp3) is 0.462. The topological polar surface area (TPSA) is 74.3 Å². The van der Waals surface area contributed by atoms with E-state index in [1.807, 2.05) is 0 Å². The number of nitriles is 1. The number of alkyl halides is 3. The van der Waals surface area contributed by atoms with E-state index in [9.17, 15) is 22.8 Å². The molecule has 1 amide bonds. The standard InChI is InChI=1S/C13H11F3N2O3/c14-13(15,16)7-18(9-1-2-9)12(20)10(5-17)11(19)8-3-4-21-6-8/h3-4,6,9-10H,1-2,7H2. The third-order valence-corrected chi connectivity index (χ3v) is 3.06. The van der Waals surface area contributed by atoms with Gasteiger partial charge < -0.3 is 9.32 Å². The Bertz CT molecular complexity index is 570. The third-order valence-electron chi connectivity index (χ3n) is 3.06. The highest BCUT2D eigenvalue weighted by molar-refractivity contribution is 6.12. The first-order valence-electron chi connectivity index (χ1n) is 6.16. The summed E-state index contributed by atoms with van der Waals surface area (Å²) in [5.74, 6) is -3.75. The minimum Gasteiger partial charge on any atom is -0.472 e. The average Bonchev–Trinajstić information content (AvgIpc) is 3.09. The molecule has 0 saturated heterocycles. The van der Waals surface area contributed by atoms with Gasteiger partial charge in [0.05, 0.1) is 17.9 Å². The van der Waals surface area contributed by atoms with Gasteiger partial charge in [-0.3, -0.25) is 9.59 Å². The van der Waals surface area contributed by atoms with Crippen molar-refractivity contribution in [3.05, 3.63) is 24.2 Å². The number of hydrogen-bond donors (Lipinski definition) is 0. The Hall–Kier alpha value is -2.30. The molecule has 0 aliphatic heterocycles. The van der Waals surface area contributed by atoms with Crippen LogP contribution in [-0.4, -0.2) is 35.4 Å². The van der Waals surface area contributed by atoms with Crippen LogP contribution in [0.3, 0.4) is 0 Å². The summed E-state index contributed by atoms with van der Waals surface area (Å²) >= 11 is 0. The van der Waals surface area contributed by atoms with Crippen molar-refractivity contribution in [2.45, 2.75) is 25.1 Å². The first-order chi connectivity index (χ1) is 9.83. The summed E-state index contributed by atoms with van der Waals surface area (Å²) in [5, 5.41) is 8.98. The Kier molecular flexibility index (Phi) is 4.02. The van der Waals surface area contributed by atoms with Crippen LogP contribution in [-0.2, 0) is 4.79 Å². The number of carbonyl (C=O) groups is 2. The largest absolute Gasteiger partial charge is 0.472 e. The van der Waals surface area contributed by atoms with Crippen LogP contribution in [0, 0.1) is 17.2 Å². The molecule has 5 nitrogen and oxygen atoms in total. The number of ketones is 1. The molecule has 0 bridgehead atoms. The van der Waals surface area contributed by atoms with E-state index in [1.54, 1.807) is 0 Å². The molecule has 1 aliphatic carbocycles. The number of carbonyl (C=O) groups excluding carboxylic acids is 2. The normalized spacial score (nSPS) is 16.1. The van der Waals surface area contributed by atoms with Crippen molar-refractivity contribution in [1.29, 1.82) is 5.26 Å². The zero-order valence-corrected chi connectivity index (χ0v) is 10.8. The predicted octanol–water partition coefficient (Wildman–Crippen LogP) is 2.16. The van der Waals surface area contributed by atoms with E-state index < -0.39 is 36.4 Å². The molecule has 1 unspecified atom stereocenters. The van der Waals surface area contributed by atoms with Gasteiger partial charge in [-0.25, -0.2) is 0 Å². The second kappa shape index (κ2) is 5.60. The first-order valence-corrected chi connectivity index (χ1v) is 6.16. The lowest BCUT2D eigenvalue weighted by atomic mass is 9.99. The molecule has 0 N–H and O–H groups in total. The summed E-state index contributed by atoms with van der Waals surface area (Å²) in [6.07, 6.45) is -1.46. The number of Topliss-reactive ketones (excluding diaryl/α,β-unsaturated/α-hetero) is 1. The van der Waals surface area contributed by atoms with Crippen molar-refractivity contribution in [1.82, 2.24) is 4.90 Å². The lowest BCUT2D eigenvalue weighted by Gasteiger charge is -2.25. The smallest absolute Gasteiger partial charge is 0.406 e. The van der Waals surface area contributed by atoms with E-state index in [2.05, 4.69) is 4.42 Å². The van der Waals surface area contributed by atoms with Crippen molar-refractivity contribution in [2.75, 3.05) is 6.54 Å². The van der Waals surface area contributed by atoms with E-state index in [0.717, 1.165) is 6.26 Å². The minimum absolute atomic E-state index is 0.0161. The van der Waals surface area contributed by atoms with Crippen LogP contribution < -0.4 is 0 Å². The van der Waals surface area contributed by atoms with E-state index in [1.165, 1.54) is 18.4 Å². The van der Waals surface area contributed by atoms with Crippen LogP contribution in [0.1, 0.15) is 23.2 Å². The maximum Gasteiger partial charge on any atom is 0.406 e. The van der Waals surface area contributed by atoms with Gasteiger partial charge in [0.1, 0.15) is 12.8 Å². The van der Waals surface area contributed by atoms with Gasteiger partial charge >= 0.3 is 6.18 Å². The average molecular weight is 300 g/mol. The SMILES string of the molecule is N#CC(C(=O)c1ccoc1)C(=O)N(CC(F)(F)F)C1CC1. The molecule has 0 radical (unpaired) electrons. The molecule has 1 atom stereocenters. The summed E-state index contributed by atoms with van der Waals surface area (Å²) in [6, 6.07) is 2.20. The second-order valence-electron chi connectivity index (χ2n) is 4.75. The molecule has 1 fully saturated rings. The first kappa shape index (κ1) is 15.1. The van der Waals surface area contributed by atoms with E-state index in [-0.39, 0.29) is 5.56 Å². The van der Waals surface area contributed by atoms with Gasteiger partial charge in [0.15, 0.2) is 11.7 Å². The molecule has 1 aromatic heterocycles. The highest BCUT2D eigenvalue weighted by Crippen LogP contribution is 2.31. The number of furan rings is 1. The molecule has 1 aromatic rings. The monoisotopic (exact) mass is 300 g/mol. The number of hydrogen-bond acceptors (Lipinski definition) is 4. The maximum absolute atomic E-state index is 12.5. The molecule has 112 valence electrons. The Morgan fingerprint density at radius 1 is 1.48 bits per heavy atom. The lowest BCUT2D eigenvalue weighted by molar-refractivity contribution is -0.163. The molecular weight excluding hydrogens is 289 g/mol. The summed E-state index contributed by atoms with van der Waals surface area (Å²) in [6.45, 7) is -1.45. The van der Waals surface area contributed by atoms with Crippen LogP contribution in [0.5, 0.6) is 0 Å². The highest BCUT2D eigenvalue weighted by atomic mass is 19.4. The van der Waals surface area contributed by atoms with Crippen molar-refractivity contribution >= 4 is 11.7 Å². The number of nitrogens with zero attached hydrogens (tertiary/aromatic N) is 2. The van der Waals surface area contributed by atoms with Crippen molar-refractivity contribution < 1.29 is 27.2 Å². The fourth-order valence-electron chi connectivity index (χ4n) is 1.93. The van der Waals surface area contributed by atoms with Crippen LogP contribution in [0.4, 0.5) is 13.2 Å². The number of amides is 1. The molecule has 2 rings (SSSR count). The summed E-state index contributed by atoms with van der Waals surface area (Å²) in [5.41, 5.74) is -0.0161. The van der Waals surface area contributed by atoms with Gasteiger partial charge in [-0.05, 0) is 18.9 Å². The number of rotatable bonds is 5. The molecule has 1 aliphatic rings. The van der Waals surface area contributed by atoms with E-state index in [0.29, 0.717) is 17.7 Å². The van der Waals surface area contributed by atoms with Gasteiger partial charge in [-0.2, -0.15) is 18.4 Å². The van der Waals surface area contributed by atoms with Crippen LogP contribution in [0.15, 0.2) is 23.0 Å². The van der Waals surface area contributed by atoms with Crippen LogP contribution in [0.2, 0.25) is 0 Å². The Morgan fingerprint density at radius 3 is 2.57 bits per heavy atom. The fourth-order valence-corrected chi connectivity index (χ4v) is 1.93. The van der Waals surface area contributed by atoms with Crippen LogP contribution in [0.25, 0.3) is 0 Å². The zero-order chi connectivity index (χ0) is 15.6. The number of halogens is 3. The lowest BCUT2D eigenvalue weighted by Crippen LogP contribution is -2.45. The molecule has 1 heterocycles. The molecule has 21 heavy (non-hydrogen) atoms. The van der Waals surface area contributed by atoms with Crippen molar-refractivity contribution in [3.8, 4) is 6.07 Å². The Balaban J connectivity index is 2.18. The maximum atomic E-state index is 12.5. The van der Waals surface area contributed by atoms with Gasteiger partial charge in [0, 0.05) is 6.04 Å². The third kappa shape index (κ3) is 3.62. The van der Waals surface area contributed by atoms with Gasteiger partial charge in [0.25, 0.3) is 0 Å².